The number of hydrogen-bond acceptors (Lipinski definition) is 11. The molecule has 1 aromatic carbocycles. The molecule has 0 saturated carbocycles. The molecule has 12 heteroatoms. The van der Waals surface area contributed by atoms with E-state index in [4.69, 9.17) is 4.84 Å². The van der Waals surface area contributed by atoms with Gasteiger partial charge in [-0.15, -0.1) is 5.06 Å². The molecule has 0 N–H and O–H groups in total. The zero-order valence-corrected chi connectivity index (χ0v) is 20.7. The number of nitrogens with zero attached hydrogens (tertiary/aromatic N) is 1. The van der Waals surface area contributed by atoms with Gasteiger partial charge in [0, 0.05) is 34.5 Å². The Hall–Kier alpha value is -3.35. The Morgan fingerprint density at radius 1 is 0.722 bits per heavy atom. The Balaban J connectivity index is 0. The third kappa shape index (κ3) is 14.8. The van der Waals surface area contributed by atoms with E-state index in [-0.39, 0.29) is 32.6 Å². The topological polar surface area (TPSA) is 144 Å². The monoisotopic (exact) mass is 515 g/mol. The van der Waals surface area contributed by atoms with Gasteiger partial charge >= 0.3 is 17.9 Å². The number of ether oxygens (including phenoxy) is 5. The van der Waals surface area contributed by atoms with Crippen LogP contribution in [0.15, 0.2) is 24.3 Å². The summed E-state index contributed by atoms with van der Waals surface area (Å²) in [4.78, 5) is 59.6. The first kappa shape index (κ1) is 34.8. The first-order valence-corrected chi connectivity index (χ1v) is 10.7. The first-order chi connectivity index (χ1) is 16.7. The van der Waals surface area contributed by atoms with Gasteiger partial charge in [-0.3, -0.25) is 28.8 Å². The van der Waals surface area contributed by atoms with E-state index in [1.54, 1.807) is 45.4 Å². The molecule has 0 radical (unpaired) electrons. The zero-order chi connectivity index (χ0) is 26.6. The van der Waals surface area contributed by atoms with E-state index in [1.165, 1.54) is 13.8 Å². The van der Waals surface area contributed by atoms with E-state index < -0.39 is 17.8 Å². The van der Waals surface area contributed by atoms with E-state index in [1.807, 2.05) is 0 Å². The van der Waals surface area contributed by atoms with Crippen molar-refractivity contribution in [1.29, 1.82) is 0 Å². The molecular formula is C24H37NO11. The van der Waals surface area contributed by atoms with Gasteiger partial charge in [0.1, 0.15) is 26.4 Å². The SMILES string of the molecule is C.CC(=O)OCCON1C(=O)c2ccccc2C1=O.CCC(=O)OCCOC.COCCOC(C)=O. The van der Waals surface area contributed by atoms with Crippen LogP contribution < -0.4 is 0 Å². The van der Waals surface area contributed by atoms with Crippen molar-refractivity contribution in [2.45, 2.75) is 34.6 Å². The minimum Gasteiger partial charge on any atom is -0.463 e. The number of rotatable bonds is 11. The van der Waals surface area contributed by atoms with Gasteiger partial charge < -0.3 is 23.7 Å². The number of carbonyl (C=O) groups is 5. The van der Waals surface area contributed by atoms with Crippen molar-refractivity contribution in [1.82, 2.24) is 5.06 Å². The van der Waals surface area contributed by atoms with Crippen LogP contribution in [0, 0.1) is 0 Å². The summed E-state index contributed by atoms with van der Waals surface area (Å²) in [5.41, 5.74) is 0.630. The maximum Gasteiger partial charge on any atom is 0.305 e. The number of methoxy groups -OCH3 is 2. The van der Waals surface area contributed by atoms with Crippen molar-refractivity contribution in [3.63, 3.8) is 0 Å². The number of imide groups is 1. The van der Waals surface area contributed by atoms with Crippen LogP contribution in [-0.2, 0) is 42.9 Å². The summed E-state index contributed by atoms with van der Waals surface area (Å²) in [5, 5.41) is 0.689. The molecule has 0 aromatic heterocycles. The number of amides is 2. The lowest BCUT2D eigenvalue weighted by molar-refractivity contribution is -0.148. The van der Waals surface area contributed by atoms with Crippen LogP contribution in [0.3, 0.4) is 0 Å². The fraction of sp³-hybridized carbons (Fsp3) is 0.542. The fourth-order valence-electron chi connectivity index (χ4n) is 2.21. The number of hydrogen-bond donors (Lipinski definition) is 0. The Kier molecular flexibility index (Phi) is 20.3. The molecule has 0 fully saturated rings. The summed E-state index contributed by atoms with van der Waals surface area (Å²) >= 11 is 0. The van der Waals surface area contributed by atoms with Crippen LogP contribution in [0.25, 0.3) is 0 Å². The quantitative estimate of drug-likeness (QED) is 0.185. The summed E-state index contributed by atoms with van der Waals surface area (Å²) in [7, 11) is 3.13. The van der Waals surface area contributed by atoms with Crippen LogP contribution in [0.4, 0.5) is 0 Å². The van der Waals surface area contributed by atoms with Crippen LogP contribution in [0.1, 0.15) is 55.3 Å². The second-order valence-corrected chi connectivity index (χ2v) is 6.52. The molecule has 2 amide bonds. The Labute approximate surface area is 211 Å². The second kappa shape index (κ2) is 21.0. The molecule has 12 nitrogen and oxygen atoms in total. The molecule has 0 aliphatic carbocycles. The van der Waals surface area contributed by atoms with Gasteiger partial charge in [0.2, 0.25) is 0 Å². The van der Waals surface area contributed by atoms with Crippen molar-refractivity contribution in [3.05, 3.63) is 35.4 Å². The Bertz CT molecular complexity index is 791. The van der Waals surface area contributed by atoms with Crippen molar-refractivity contribution in [3.8, 4) is 0 Å². The third-order valence-electron chi connectivity index (χ3n) is 3.80. The number of carbonyl (C=O) groups excluding carboxylic acids is 5. The molecule has 0 unspecified atom stereocenters. The number of benzene rings is 1. The van der Waals surface area contributed by atoms with E-state index in [2.05, 4.69) is 23.7 Å². The van der Waals surface area contributed by atoms with Crippen molar-refractivity contribution < 1.29 is 52.5 Å². The lowest BCUT2D eigenvalue weighted by Gasteiger charge is -2.12. The summed E-state index contributed by atoms with van der Waals surface area (Å²) < 4.78 is 23.1. The molecule has 0 saturated heterocycles. The number of esters is 3. The predicted molar refractivity (Wildman–Crippen MR) is 128 cm³/mol. The van der Waals surface area contributed by atoms with Crippen LogP contribution in [0.2, 0.25) is 0 Å². The largest absolute Gasteiger partial charge is 0.463 e. The lowest BCUT2D eigenvalue weighted by Crippen LogP contribution is -2.31. The minimum atomic E-state index is -0.501. The number of hydroxylamine groups is 2. The fourth-order valence-corrected chi connectivity index (χ4v) is 2.21. The third-order valence-corrected chi connectivity index (χ3v) is 3.80. The zero-order valence-electron chi connectivity index (χ0n) is 20.7. The van der Waals surface area contributed by atoms with E-state index in [9.17, 15) is 24.0 Å². The molecule has 1 aliphatic rings. The van der Waals surface area contributed by atoms with Gasteiger partial charge in [-0.2, -0.15) is 0 Å². The van der Waals surface area contributed by atoms with Crippen molar-refractivity contribution >= 4 is 29.7 Å². The molecule has 2 rings (SSSR count). The molecule has 204 valence electrons. The molecular weight excluding hydrogens is 478 g/mol. The van der Waals surface area contributed by atoms with E-state index >= 15 is 0 Å². The summed E-state index contributed by atoms with van der Waals surface area (Å²) in [6.45, 7) is 6.00. The highest BCUT2D eigenvalue weighted by Crippen LogP contribution is 2.22. The highest BCUT2D eigenvalue weighted by Gasteiger charge is 2.36. The Morgan fingerprint density at radius 2 is 1.14 bits per heavy atom. The lowest BCUT2D eigenvalue weighted by atomic mass is 10.1. The van der Waals surface area contributed by atoms with Crippen LogP contribution in [-0.4, -0.2) is 88.6 Å². The summed E-state index contributed by atoms with van der Waals surface area (Å²) in [6.07, 6.45) is 0.434. The van der Waals surface area contributed by atoms with E-state index in [0.717, 1.165) is 0 Å². The summed E-state index contributed by atoms with van der Waals surface area (Å²) in [6, 6.07) is 6.47. The standard InChI is InChI=1S/C12H11NO5.C6H12O3.C5H10O3.CH4/c1-8(14)17-6-7-18-13-11(15)9-4-2-3-5-10(9)12(13)16;1-3-6(7)9-5-4-8-2;1-5(6)8-4-3-7-2;/h2-5H,6-7H2,1H3;3-5H2,1-2H3;3-4H2,1-2H3;1H4. The van der Waals surface area contributed by atoms with E-state index in [0.29, 0.717) is 49.0 Å². The Morgan fingerprint density at radius 3 is 1.53 bits per heavy atom. The van der Waals surface area contributed by atoms with Crippen LogP contribution >= 0.6 is 0 Å². The maximum atomic E-state index is 11.8. The molecule has 0 atom stereocenters. The minimum absolute atomic E-state index is 0. The van der Waals surface area contributed by atoms with Crippen molar-refractivity contribution in [2.75, 3.05) is 53.9 Å². The smallest absolute Gasteiger partial charge is 0.305 e. The van der Waals surface area contributed by atoms with Gasteiger partial charge in [0.25, 0.3) is 11.8 Å². The average Bonchev–Trinajstić information content (AvgIpc) is 3.07. The molecule has 0 spiro atoms. The molecule has 0 bridgehead atoms. The molecule has 1 heterocycles. The predicted octanol–water partition coefficient (Wildman–Crippen LogP) is 2.20. The van der Waals surface area contributed by atoms with Gasteiger partial charge in [-0.1, -0.05) is 26.5 Å². The molecule has 1 aliphatic heterocycles. The molecule has 1 aromatic rings. The highest BCUT2D eigenvalue weighted by molar-refractivity contribution is 6.20. The van der Waals surface area contributed by atoms with Crippen molar-refractivity contribution in [2.24, 2.45) is 0 Å². The van der Waals surface area contributed by atoms with Gasteiger partial charge in [0.15, 0.2) is 0 Å². The molecule has 36 heavy (non-hydrogen) atoms. The van der Waals surface area contributed by atoms with Gasteiger partial charge in [-0.25, -0.2) is 0 Å². The van der Waals surface area contributed by atoms with Crippen LogP contribution in [0.5, 0.6) is 0 Å². The highest BCUT2D eigenvalue weighted by atomic mass is 16.7. The number of fused-ring (bicyclic) bond motifs is 1. The normalized spacial score (nSPS) is 11.1. The first-order valence-electron chi connectivity index (χ1n) is 10.7. The summed E-state index contributed by atoms with van der Waals surface area (Å²) in [5.74, 6) is -1.88. The second-order valence-electron chi connectivity index (χ2n) is 6.52. The van der Waals surface area contributed by atoms with Gasteiger partial charge in [0.05, 0.1) is 24.3 Å². The average molecular weight is 516 g/mol. The maximum absolute atomic E-state index is 11.8. The van der Waals surface area contributed by atoms with Gasteiger partial charge in [-0.05, 0) is 12.1 Å².